The molecule has 1 aromatic carbocycles. The molecule has 2 rings (SSSR count). The van der Waals surface area contributed by atoms with Crippen LogP contribution in [0, 0.1) is 5.92 Å². The molecule has 0 saturated heterocycles. The van der Waals surface area contributed by atoms with Crippen LogP contribution in [0.5, 0.6) is 0 Å². The average molecular weight is 276 g/mol. The number of nitrogens with one attached hydrogen (secondary N) is 1. The molecule has 0 heterocycles. The quantitative estimate of drug-likeness (QED) is 0.786. The van der Waals surface area contributed by atoms with E-state index in [0.717, 1.165) is 19.3 Å². The zero-order valence-corrected chi connectivity index (χ0v) is 10.9. The highest BCUT2D eigenvalue weighted by molar-refractivity contribution is 5.95. The van der Waals surface area contributed by atoms with Gasteiger partial charge in [-0.2, -0.15) is 0 Å². The minimum Gasteiger partial charge on any atom is -0.455 e. The molecule has 2 amide bonds. The van der Waals surface area contributed by atoms with Crippen LogP contribution in [0.15, 0.2) is 24.3 Å². The lowest BCUT2D eigenvalue weighted by atomic mass is 9.86. The lowest BCUT2D eigenvalue weighted by Gasteiger charge is -2.22. The van der Waals surface area contributed by atoms with Gasteiger partial charge in [0.05, 0.1) is 5.92 Å². The highest BCUT2D eigenvalue weighted by Gasteiger charge is 2.27. The van der Waals surface area contributed by atoms with E-state index in [1.165, 1.54) is 12.1 Å². The molecule has 0 bridgehead atoms. The molecular weight excluding hydrogens is 260 g/mol. The van der Waals surface area contributed by atoms with Crippen LogP contribution >= 0.6 is 0 Å². The molecule has 6 nitrogen and oxygen atoms in total. The summed E-state index contributed by atoms with van der Waals surface area (Å²) in [5, 5.41) is 2.57. The molecule has 0 radical (unpaired) electrons. The Morgan fingerprint density at radius 3 is 2.35 bits per heavy atom. The summed E-state index contributed by atoms with van der Waals surface area (Å²) < 4.78 is 4.92. The van der Waals surface area contributed by atoms with Crippen LogP contribution in [0.2, 0.25) is 0 Å². The summed E-state index contributed by atoms with van der Waals surface area (Å²) in [6.45, 7) is -0.299. The molecule has 0 spiro atoms. The predicted molar refractivity (Wildman–Crippen MR) is 71.9 cm³/mol. The van der Waals surface area contributed by atoms with Gasteiger partial charge in [0.1, 0.15) is 0 Å². The van der Waals surface area contributed by atoms with Gasteiger partial charge < -0.3 is 15.8 Å². The number of amides is 2. The van der Waals surface area contributed by atoms with Gasteiger partial charge in [0, 0.05) is 11.3 Å². The van der Waals surface area contributed by atoms with Crippen molar-refractivity contribution in [3.05, 3.63) is 29.8 Å². The van der Waals surface area contributed by atoms with Gasteiger partial charge in [-0.15, -0.1) is 0 Å². The fraction of sp³-hybridized carbons (Fsp3) is 0.357. The third kappa shape index (κ3) is 3.57. The number of primary amides is 1. The highest BCUT2D eigenvalue weighted by Crippen LogP contribution is 2.27. The summed E-state index contributed by atoms with van der Waals surface area (Å²) in [5.74, 6) is -1.30. The van der Waals surface area contributed by atoms with E-state index in [1.807, 2.05) is 0 Å². The summed E-state index contributed by atoms with van der Waals surface area (Å²) in [4.78, 5) is 33.9. The number of carbonyl (C=O) groups excluding carboxylic acids is 3. The van der Waals surface area contributed by atoms with E-state index in [2.05, 4.69) is 5.32 Å². The SMILES string of the molecule is NC(=O)c1ccc(NC(=O)COC(=O)C2CCC2)cc1. The number of nitrogens with two attached hydrogens (primary N) is 1. The first-order valence-corrected chi connectivity index (χ1v) is 6.42. The molecule has 0 aromatic heterocycles. The first-order chi connectivity index (χ1) is 9.56. The first-order valence-electron chi connectivity index (χ1n) is 6.42. The van der Waals surface area contributed by atoms with Gasteiger partial charge >= 0.3 is 5.97 Å². The zero-order chi connectivity index (χ0) is 14.5. The molecular formula is C14H16N2O4. The Morgan fingerprint density at radius 1 is 1.20 bits per heavy atom. The van der Waals surface area contributed by atoms with Crippen molar-refractivity contribution >= 4 is 23.5 Å². The summed E-state index contributed by atoms with van der Waals surface area (Å²) >= 11 is 0. The molecule has 1 fully saturated rings. The Bertz CT molecular complexity index is 520. The molecule has 1 aromatic rings. The zero-order valence-electron chi connectivity index (χ0n) is 10.9. The monoisotopic (exact) mass is 276 g/mol. The topological polar surface area (TPSA) is 98.5 Å². The van der Waals surface area contributed by atoms with Crippen molar-refractivity contribution in [2.75, 3.05) is 11.9 Å². The Hall–Kier alpha value is -2.37. The second-order valence-electron chi connectivity index (χ2n) is 4.73. The molecule has 1 saturated carbocycles. The van der Waals surface area contributed by atoms with Crippen molar-refractivity contribution in [1.29, 1.82) is 0 Å². The van der Waals surface area contributed by atoms with Crippen LogP contribution in [0.25, 0.3) is 0 Å². The molecule has 0 aliphatic heterocycles. The van der Waals surface area contributed by atoms with E-state index >= 15 is 0 Å². The lowest BCUT2D eigenvalue weighted by molar-refractivity contribution is -0.154. The highest BCUT2D eigenvalue weighted by atomic mass is 16.5. The Morgan fingerprint density at radius 2 is 1.85 bits per heavy atom. The molecule has 106 valence electrons. The molecule has 20 heavy (non-hydrogen) atoms. The Labute approximate surface area is 116 Å². The van der Waals surface area contributed by atoms with Crippen LogP contribution in [-0.4, -0.2) is 24.4 Å². The lowest BCUT2D eigenvalue weighted by Crippen LogP contribution is -2.28. The standard InChI is InChI=1S/C14H16N2O4/c15-13(18)9-4-6-11(7-5-9)16-12(17)8-20-14(19)10-2-1-3-10/h4-7,10H,1-3,8H2,(H2,15,18)(H,16,17). The van der Waals surface area contributed by atoms with Crippen LogP contribution < -0.4 is 11.1 Å². The first kappa shape index (κ1) is 14.0. The Balaban J connectivity index is 1.78. The van der Waals surface area contributed by atoms with E-state index < -0.39 is 11.8 Å². The van der Waals surface area contributed by atoms with Crippen LogP contribution in [0.3, 0.4) is 0 Å². The summed E-state index contributed by atoms with van der Waals surface area (Å²) in [6.07, 6.45) is 2.72. The van der Waals surface area contributed by atoms with Gasteiger partial charge in [0.15, 0.2) is 6.61 Å². The summed E-state index contributed by atoms with van der Waals surface area (Å²) in [5.41, 5.74) is 5.98. The van der Waals surface area contributed by atoms with Crippen molar-refractivity contribution in [3.63, 3.8) is 0 Å². The number of anilines is 1. The minimum absolute atomic E-state index is 0.0438. The van der Waals surface area contributed by atoms with Crippen molar-refractivity contribution in [3.8, 4) is 0 Å². The molecule has 0 unspecified atom stereocenters. The van der Waals surface area contributed by atoms with Crippen molar-refractivity contribution in [2.24, 2.45) is 11.7 Å². The Kier molecular flexibility index (Phi) is 4.34. The van der Waals surface area contributed by atoms with Gasteiger partial charge in [-0.3, -0.25) is 14.4 Å². The fourth-order valence-electron chi connectivity index (χ4n) is 1.81. The van der Waals surface area contributed by atoms with Crippen LogP contribution in [0.4, 0.5) is 5.69 Å². The molecule has 6 heteroatoms. The maximum Gasteiger partial charge on any atom is 0.309 e. The van der Waals surface area contributed by atoms with E-state index in [4.69, 9.17) is 10.5 Å². The van der Waals surface area contributed by atoms with Crippen molar-refractivity contribution in [2.45, 2.75) is 19.3 Å². The molecule has 0 atom stereocenters. The molecule has 3 N–H and O–H groups in total. The van der Waals surface area contributed by atoms with E-state index in [1.54, 1.807) is 12.1 Å². The van der Waals surface area contributed by atoms with Gasteiger partial charge in [-0.05, 0) is 37.1 Å². The number of rotatable bonds is 5. The van der Waals surface area contributed by atoms with Gasteiger partial charge in [-0.25, -0.2) is 0 Å². The smallest absolute Gasteiger partial charge is 0.309 e. The minimum atomic E-state index is -0.530. The van der Waals surface area contributed by atoms with E-state index in [-0.39, 0.29) is 18.5 Å². The van der Waals surface area contributed by atoms with Crippen LogP contribution in [-0.2, 0) is 14.3 Å². The third-order valence-electron chi connectivity index (χ3n) is 3.24. The van der Waals surface area contributed by atoms with Gasteiger partial charge in [-0.1, -0.05) is 6.42 Å². The second kappa shape index (κ2) is 6.18. The average Bonchev–Trinajstić information content (AvgIpc) is 2.35. The number of hydrogen-bond donors (Lipinski definition) is 2. The normalized spacial score (nSPS) is 14.2. The number of hydrogen-bond acceptors (Lipinski definition) is 4. The number of carbonyl (C=O) groups is 3. The number of ether oxygens (including phenoxy) is 1. The van der Waals surface area contributed by atoms with E-state index in [0.29, 0.717) is 11.3 Å². The molecule has 1 aliphatic carbocycles. The fourth-order valence-corrected chi connectivity index (χ4v) is 1.81. The maximum absolute atomic E-state index is 11.6. The third-order valence-corrected chi connectivity index (χ3v) is 3.24. The largest absolute Gasteiger partial charge is 0.455 e. The van der Waals surface area contributed by atoms with Crippen LogP contribution in [0.1, 0.15) is 29.6 Å². The summed E-state index contributed by atoms with van der Waals surface area (Å²) in [6, 6.07) is 6.15. The van der Waals surface area contributed by atoms with Crippen molar-refractivity contribution < 1.29 is 19.1 Å². The van der Waals surface area contributed by atoms with Gasteiger partial charge in [0.25, 0.3) is 5.91 Å². The molecule has 1 aliphatic rings. The second-order valence-corrected chi connectivity index (χ2v) is 4.73. The maximum atomic E-state index is 11.6. The van der Waals surface area contributed by atoms with Crippen molar-refractivity contribution in [1.82, 2.24) is 0 Å². The van der Waals surface area contributed by atoms with Gasteiger partial charge in [0.2, 0.25) is 5.91 Å². The van der Waals surface area contributed by atoms with E-state index in [9.17, 15) is 14.4 Å². The number of esters is 1. The predicted octanol–water partition coefficient (Wildman–Crippen LogP) is 1.07. The summed E-state index contributed by atoms with van der Waals surface area (Å²) in [7, 11) is 0. The number of benzene rings is 1.